The topological polar surface area (TPSA) is 15.3 Å². The molecule has 2 rings (SSSR count). The highest BCUT2D eigenvalue weighted by molar-refractivity contribution is 6.30. The molecule has 108 valence electrons. The Balaban J connectivity index is 0.00000180. The van der Waals surface area contributed by atoms with Gasteiger partial charge in [0.2, 0.25) is 6.43 Å². The van der Waals surface area contributed by atoms with Gasteiger partial charge in [-0.25, -0.2) is 8.78 Å². The molecule has 0 unspecified atom stereocenters. The number of nitrogens with zero attached hydrogens (tertiary/aromatic N) is 1. The normalized spacial score (nSPS) is 18.1. The molecule has 1 fully saturated rings. The van der Waals surface area contributed by atoms with E-state index >= 15 is 0 Å². The predicted octanol–water partition coefficient (Wildman–Crippen LogP) is 3.36. The average Bonchev–Trinajstić information content (AvgIpc) is 2.37. The van der Waals surface area contributed by atoms with E-state index in [0.717, 1.165) is 31.7 Å². The first kappa shape index (κ1) is 16.6. The third-order valence-corrected chi connectivity index (χ3v) is 3.46. The number of halogens is 4. The zero-order valence-electron chi connectivity index (χ0n) is 10.5. The Morgan fingerprint density at radius 3 is 2.53 bits per heavy atom. The Morgan fingerprint density at radius 1 is 1.26 bits per heavy atom. The maximum atomic E-state index is 12.8. The van der Waals surface area contributed by atoms with Gasteiger partial charge in [0, 0.05) is 43.7 Å². The van der Waals surface area contributed by atoms with Crippen LogP contribution in [0.25, 0.3) is 0 Å². The van der Waals surface area contributed by atoms with Crippen LogP contribution >= 0.6 is 24.0 Å². The van der Waals surface area contributed by atoms with Crippen molar-refractivity contribution < 1.29 is 8.78 Å². The first-order valence-corrected chi connectivity index (χ1v) is 6.53. The van der Waals surface area contributed by atoms with Crippen LogP contribution in [0.3, 0.4) is 0 Å². The number of rotatable bonds is 4. The minimum absolute atomic E-state index is 0. The molecule has 0 saturated carbocycles. The number of benzene rings is 1. The fraction of sp³-hybridized carbons (Fsp3) is 0.538. The molecule has 1 N–H and O–H groups in total. The summed E-state index contributed by atoms with van der Waals surface area (Å²) in [6.45, 7) is 3.29. The van der Waals surface area contributed by atoms with Gasteiger partial charge in [-0.3, -0.25) is 4.90 Å². The van der Waals surface area contributed by atoms with Crippen molar-refractivity contribution in [3.8, 4) is 0 Å². The molecule has 19 heavy (non-hydrogen) atoms. The lowest BCUT2D eigenvalue weighted by Crippen LogP contribution is -2.45. The number of alkyl halides is 2. The number of piperazine rings is 1. The Hall–Kier alpha value is -0.420. The second-order valence-corrected chi connectivity index (χ2v) is 4.92. The third-order valence-electron chi connectivity index (χ3n) is 3.23. The Bertz CT molecular complexity index is 385. The van der Waals surface area contributed by atoms with Crippen molar-refractivity contribution in [1.82, 2.24) is 10.2 Å². The highest BCUT2D eigenvalue weighted by Crippen LogP contribution is 2.29. The van der Waals surface area contributed by atoms with Gasteiger partial charge in [0.25, 0.3) is 0 Å². The van der Waals surface area contributed by atoms with Gasteiger partial charge < -0.3 is 5.32 Å². The van der Waals surface area contributed by atoms with E-state index in [1.165, 1.54) is 0 Å². The van der Waals surface area contributed by atoms with Gasteiger partial charge in [-0.1, -0.05) is 23.7 Å². The fourth-order valence-corrected chi connectivity index (χ4v) is 2.57. The molecule has 1 atom stereocenters. The van der Waals surface area contributed by atoms with Crippen LogP contribution in [0.4, 0.5) is 8.78 Å². The van der Waals surface area contributed by atoms with Gasteiger partial charge in [-0.15, -0.1) is 12.4 Å². The van der Waals surface area contributed by atoms with Crippen LogP contribution in [0.5, 0.6) is 0 Å². The second-order valence-electron chi connectivity index (χ2n) is 4.48. The third kappa shape index (κ3) is 4.88. The van der Waals surface area contributed by atoms with Crippen molar-refractivity contribution in [2.24, 2.45) is 0 Å². The molecule has 1 aliphatic rings. The number of nitrogens with one attached hydrogen (secondary N) is 1. The maximum Gasteiger partial charge on any atom is 0.240 e. The van der Waals surface area contributed by atoms with Crippen molar-refractivity contribution in [3.05, 3.63) is 34.9 Å². The van der Waals surface area contributed by atoms with E-state index in [4.69, 9.17) is 11.6 Å². The molecule has 6 heteroatoms. The summed E-state index contributed by atoms with van der Waals surface area (Å²) in [5, 5.41) is 3.83. The molecule has 1 heterocycles. The molecule has 1 aliphatic heterocycles. The van der Waals surface area contributed by atoms with Crippen LogP contribution in [0.1, 0.15) is 18.0 Å². The lowest BCUT2D eigenvalue weighted by atomic mass is 10.0. The summed E-state index contributed by atoms with van der Waals surface area (Å²) >= 11 is 5.95. The van der Waals surface area contributed by atoms with Crippen molar-refractivity contribution in [2.45, 2.75) is 18.9 Å². The summed E-state index contributed by atoms with van der Waals surface area (Å²) < 4.78 is 25.5. The van der Waals surface area contributed by atoms with Crippen LogP contribution in [0.2, 0.25) is 5.02 Å². The molecule has 0 aliphatic carbocycles. The van der Waals surface area contributed by atoms with Gasteiger partial charge in [-0.05, 0) is 17.7 Å². The minimum Gasteiger partial charge on any atom is -0.314 e. The summed E-state index contributed by atoms with van der Waals surface area (Å²) in [5.74, 6) is 0. The molecule has 1 aromatic rings. The maximum absolute atomic E-state index is 12.8. The highest BCUT2D eigenvalue weighted by atomic mass is 35.5. The standard InChI is InChI=1S/C13H17ClF2N2.ClH/c14-11-3-1-2-10(8-11)12(9-13(15)16)18-6-4-17-5-7-18;/h1-3,8,12-13,17H,4-7,9H2;1H/t12-;/m1./s1. The molecule has 0 aromatic heterocycles. The Morgan fingerprint density at radius 2 is 1.95 bits per heavy atom. The van der Waals surface area contributed by atoms with Crippen LogP contribution in [0, 0.1) is 0 Å². The first-order chi connectivity index (χ1) is 8.66. The molecule has 0 radical (unpaired) electrons. The SMILES string of the molecule is Cl.FC(F)C[C@H](c1cccc(Cl)c1)N1CCNCC1. The van der Waals surface area contributed by atoms with Crippen molar-refractivity contribution in [2.75, 3.05) is 26.2 Å². The van der Waals surface area contributed by atoms with E-state index in [1.54, 1.807) is 12.1 Å². The number of hydrogen-bond donors (Lipinski definition) is 1. The van der Waals surface area contributed by atoms with Crippen molar-refractivity contribution >= 4 is 24.0 Å². The van der Waals surface area contributed by atoms with Crippen LogP contribution in [-0.2, 0) is 0 Å². The van der Waals surface area contributed by atoms with E-state index in [1.807, 2.05) is 12.1 Å². The van der Waals surface area contributed by atoms with E-state index in [2.05, 4.69) is 10.2 Å². The van der Waals surface area contributed by atoms with Crippen LogP contribution < -0.4 is 5.32 Å². The van der Waals surface area contributed by atoms with Gasteiger partial charge in [0.15, 0.2) is 0 Å². The minimum atomic E-state index is -2.30. The molecule has 1 saturated heterocycles. The molecular formula is C13H18Cl2F2N2. The molecule has 2 nitrogen and oxygen atoms in total. The second kappa shape index (κ2) is 8.00. The molecular weight excluding hydrogens is 293 g/mol. The first-order valence-electron chi connectivity index (χ1n) is 6.15. The average molecular weight is 311 g/mol. The molecule has 0 spiro atoms. The highest BCUT2D eigenvalue weighted by Gasteiger charge is 2.25. The van der Waals surface area contributed by atoms with E-state index < -0.39 is 6.43 Å². The molecule has 0 amide bonds. The summed E-state index contributed by atoms with van der Waals surface area (Å²) in [6.07, 6.45) is -2.44. The van der Waals surface area contributed by atoms with Gasteiger partial charge in [0.1, 0.15) is 0 Å². The summed E-state index contributed by atoms with van der Waals surface area (Å²) in [4.78, 5) is 2.11. The quantitative estimate of drug-likeness (QED) is 0.917. The van der Waals surface area contributed by atoms with Gasteiger partial charge >= 0.3 is 0 Å². The zero-order chi connectivity index (χ0) is 13.0. The van der Waals surface area contributed by atoms with Crippen LogP contribution in [-0.4, -0.2) is 37.5 Å². The summed E-state index contributed by atoms with van der Waals surface area (Å²) in [7, 11) is 0. The molecule has 1 aromatic carbocycles. The van der Waals surface area contributed by atoms with Gasteiger partial charge in [-0.2, -0.15) is 0 Å². The Labute approximate surface area is 123 Å². The predicted molar refractivity (Wildman–Crippen MR) is 76.5 cm³/mol. The Kier molecular flexibility index (Phi) is 7.00. The number of hydrogen-bond acceptors (Lipinski definition) is 2. The smallest absolute Gasteiger partial charge is 0.240 e. The van der Waals surface area contributed by atoms with Crippen LogP contribution in [0.15, 0.2) is 24.3 Å². The fourth-order valence-electron chi connectivity index (χ4n) is 2.37. The molecule has 0 bridgehead atoms. The largest absolute Gasteiger partial charge is 0.314 e. The van der Waals surface area contributed by atoms with Crippen molar-refractivity contribution in [1.29, 1.82) is 0 Å². The zero-order valence-corrected chi connectivity index (χ0v) is 12.1. The lowest BCUT2D eigenvalue weighted by Gasteiger charge is -2.35. The van der Waals surface area contributed by atoms with Gasteiger partial charge in [0.05, 0.1) is 0 Å². The summed E-state index contributed by atoms with van der Waals surface area (Å²) in [5.41, 5.74) is 0.879. The monoisotopic (exact) mass is 310 g/mol. The van der Waals surface area contributed by atoms with E-state index in [9.17, 15) is 8.78 Å². The van der Waals surface area contributed by atoms with E-state index in [0.29, 0.717) is 5.02 Å². The van der Waals surface area contributed by atoms with E-state index in [-0.39, 0.29) is 24.9 Å². The summed E-state index contributed by atoms with van der Waals surface area (Å²) in [6, 6.07) is 7.00. The van der Waals surface area contributed by atoms with Crippen molar-refractivity contribution in [3.63, 3.8) is 0 Å². The lowest BCUT2D eigenvalue weighted by molar-refractivity contribution is 0.0739.